The van der Waals surface area contributed by atoms with Crippen molar-refractivity contribution in [2.75, 3.05) is 68.7 Å². The van der Waals surface area contributed by atoms with E-state index in [1.54, 1.807) is 43.7 Å². The van der Waals surface area contributed by atoms with Gasteiger partial charge in [0.05, 0.1) is 46.5 Å². The average molecular weight is 896 g/mol. The summed E-state index contributed by atoms with van der Waals surface area (Å²) in [6.45, 7) is 6.05. The maximum absolute atomic E-state index is 13.8. The molecule has 2 saturated heterocycles. The molecule has 7 rings (SSSR count). The number of methoxy groups -OCH3 is 1. The van der Waals surface area contributed by atoms with Crippen LogP contribution in [-0.2, 0) is 16.4 Å². The quantitative estimate of drug-likeness (QED) is 0.0933. The van der Waals surface area contributed by atoms with Crippen LogP contribution in [0.1, 0.15) is 19.3 Å². The zero-order chi connectivity index (χ0) is 42.0. The first-order valence-corrected chi connectivity index (χ1v) is 21.4. The fraction of sp³-hybridized carbons (Fsp3) is 0.405. The largest absolute Gasteiger partial charge is 0.494 e. The second kappa shape index (κ2) is 17.1. The predicted molar refractivity (Wildman–Crippen MR) is 215 cm³/mol. The lowest BCUT2D eigenvalue weighted by molar-refractivity contribution is -0.192. The molecular formula is C37H41BrF5N10O4P. The van der Waals surface area contributed by atoms with E-state index in [0.717, 1.165) is 42.7 Å². The highest BCUT2D eigenvalue weighted by Gasteiger charge is 2.39. The molecule has 310 valence electrons. The number of anilines is 5. The predicted octanol–water partition coefficient (Wildman–Crippen LogP) is 7.52. The van der Waals surface area contributed by atoms with E-state index >= 15 is 0 Å². The number of aromatic nitrogens is 6. The van der Waals surface area contributed by atoms with Gasteiger partial charge in [-0.1, -0.05) is 0 Å². The van der Waals surface area contributed by atoms with Gasteiger partial charge in [-0.25, -0.2) is 18.6 Å². The Labute approximate surface area is 338 Å². The number of piperidine rings is 1. The van der Waals surface area contributed by atoms with Crippen LogP contribution >= 0.6 is 23.1 Å². The lowest BCUT2D eigenvalue weighted by atomic mass is 9.94. The number of fused-ring (bicyclic) bond motifs is 1. The third-order valence-electron chi connectivity index (χ3n) is 9.69. The van der Waals surface area contributed by atoms with E-state index in [4.69, 9.17) is 19.6 Å². The van der Waals surface area contributed by atoms with Gasteiger partial charge in [-0.05, 0) is 66.2 Å². The monoisotopic (exact) mass is 894 g/mol. The number of rotatable bonds is 10. The van der Waals surface area contributed by atoms with E-state index in [1.165, 1.54) is 0 Å². The highest BCUT2D eigenvalue weighted by Crippen LogP contribution is 2.43. The van der Waals surface area contributed by atoms with Crippen molar-refractivity contribution in [1.82, 2.24) is 34.6 Å². The first-order chi connectivity index (χ1) is 27.3. The highest BCUT2D eigenvalue weighted by molar-refractivity contribution is 9.10. The zero-order valence-electron chi connectivity index (χ0n) is 31.9. The summed E-state index contributed by atoms with van der Waals surface area (Å²) in [5.41, 5.74) is 5.41. The molecule has 2 fully saturated rings. The summed E-state index contributed by atoms with van der Waals surface area (Å²) in [5, 5.41) is 18.9. The number of aryl methyl sites for hydroxylation is 1. The fourth-order valence-electron chi connectivity index (χ4n) is 7.00. The molecule has 14 nitrogen and oxygen atoms in total. The van der Waals surface area contributed by atoms with Crippen molar-refractivity contribution >= 4 is 74.2 Å². The Morgan fingerprint density at radius 2 is 1.76 bits per heavy atom. The van der Waals surface area contributed by atoms with Crippen LogP contribution in [0.3, 0.4) is 0 Å². The summed E-state index contributed by atoms with van der Waals surface area (Å²) in [6, 6.07) is 7.71. The van der Waals surface area contributed by atoms with Gasteiger partial charge in [-0.2, -0.15) is 23.3 Å². The molecule has 2 aliphatic rings. The molecule has 0 amide bonds. The van der Waals surface area contributed by atoms with Gasteiger partial charge in [-0.3, -0.25) is 19.5 Å². The summed E-state index contributed by atoms with van der Waals surface area (Å²) in [4.78, 5) is 31.3. The average Bonchev–Trinajstić information content (AvgIpc) is 3.75. The van der Waals surface area contributed by atoms with Crippen molar-refractivity contribution in [1.29, 1.82) is 0 Å². The SMILES string of the molecule is COc1cc(N2CCC(CN3CCC(F)(F)C3)CC2)c(-c2cnn(C)c2)cc1Nc1ncc(Br)c(Nc2ccc3nccnc3c2P(C)(C)=O)n1.O=C(O)C(F)(F)F. The summed E-state index contributed by atoms with van der Waals surface area (Å²) in [7, 11) is 0.714. The van der Waals surface area contributed by atoms with Crippen LogP contribution in [-0.4, -0.2) is 111 Å². The highest BCUT2D eigenvalue weighted by atomic mass is 79.9. The number of hydrogen-bond acceptors (Lipinski definition) is 12. The van der Waals surface area contributed by atoms with E-state index in [9.17, 15) is 26.5 Å². The number of benzene rings is 2. The number of ether oxygens (including phenoxy) is 1. The zero-order valence-corrected chi connectivity index (χ0v) is 34.4. The third-order valence-corrected chi connectivity index (χ3v) is 11.8. The standard InChI is InChI=1S/C35H40BrF2N10O2P.C2HF3O2/c1-46-20-23(17-42-46)24-15-28(30(50-2)16-29(24)48-12-7-22(8-13-48)19-47-14-9-35(37,38)21-47)44-34-41-18-25(36)33(45-34)43-27-6-5-26-31(40-11-10-39-26)32(27)51(3,4)49;3-2(4,5)1(6)7/h5-6,10-11,15-18,20,22H,7-9,12-14,19,21H2,1-4H3,(H2,41,43,44,45);(H,6,7). The van der Waals surface area contributed by atoms with Crippen molar-refractivity contribution in [3.8, 4) is 16.9 Å². The van der Waals surface area contributed by atoms with Crippen molar-refractivity contribution < 1.29 is 41.2 Å². The Hall–Kier alpha value is -4.94. The van der Waals surface area contributed by atoms with Crippen LogP contribution < -0.4 is 25.6 Å². The normalized spacial score (nSPS) is 16.2. The molecule has 0 saturated carbocycles. The van der Waals surface area contributed by atoms with Crippen LogP contribution in [0.5, 0.6) is 5.75 Å². The van der Waals surface area contributed by atoms with Crippen LogP contribution in [0, 0.1) is 5.92 Å². The van der Waals surface area contributed by atoms with Crippen LogP contribution in [0.15, 0.2) is 59.7 Å². The van der Waals surface area contributed by atoms with Gasteiger partial charge < -0.3 is 29.9 Å². The molecule has 2 aromatic carbocycles. The molecule has 0 spiro atoms. The first kappa shape index (κ1) is 42.7. The number of carboxylic acids is 1. The summed E-state index contributed by atoms with van der Waals surface area (Å²) >= 11 is 3.57. The molecule has 0 atom stereocenters. The molecule has 58 heavy (non-hydrogen) atoms. The number of nitrogens with zero attached hydrogens (tertiary/aromatic N) is 8. The Kier molecular flexibility index (Phi) is 12.6. The molecule has 5 heterocycles. The topological polar surface area (TPSA) is 164 Å². The van der Waals surface area contributed by atoms with Gasteiger partial charge in [-0.15, -0.1) is 0 Å². The first-order valence-electron chi connectivity index (χ1n) is 18.0. The Balaban J connectivity index is 0.000000743. The van der Waals surface area contributed by atoms with Gasteiger partial charge >= 0.3 is 12.1 Å². The lowest BCUT2D eigenvalue weighted by Gasteiger charge is -2.36. The lowest BCUT2D eigenvalue weighted by Crippen LogP contribution is -2.39. The number of alkyl halides is 5. The van der Waals surface area contributed by atoms with E-state index < -0.39 is 25.2 Å². The van der Waals surface area contributed by atoms with E-state index in [2.05, 4.69) is 51.5 Å². The van der Waals surface area contributed by atoms with Crippen molar-refractivity contribution in [3.05, 3.63) is 59.7 Å². The second-order valence-corrected chi connectivity index (χ2v) is 18.4. The molecule has 2 aliphatic heterocycles. The minimum Gasteiger partial charge on any atom is -0.494 e. The van der Waals surface area contributed by atoms with Crippen LogP contribution in [0.25, 0.3) is 22.2 Å². The summed E-state index contributed by atoms with van der Waals surface area (Å²) in [5.74, 6) is -3.57. The number of hydrogen-bond donors (Lipinski definition) is 3. The molecule has 0 unspecified atom stereocenters. The minimum atomic E-state index is -5.08. The van der Waals surface area contributed by atoms with Gasteiger partial charge in [0.15, 0.2) is 0 Å². The molecule has 0 bridgehead atoms. The second-order valence-electron chi connectivity index (χ2n) is 14.4. The van der Waals surface area contributed by atoms with Crippen molar-refractivity contribution in [2.45, 2.75) is 31.4 Å². The number of nitrogens with one attached hydrogen (secondary N) is 2. The molecule has 5 aromatic rings. The Morgan fingerprint density at radius 3 is 2.36 bits per heavy atom. The number of halogens is 6. The van der Waals surface area contributed by atoms with E-state index in [1.807, 2.05) is 48.6 Å². The minimum absolute atomic E-state index is 0.0501. The fourth-order valence-corrected chi connectivity index (χ4v) is 8.69. The van der Waals surface area contributed by atoms with Gasteiger partial charge in [0, 0.05) is 87.3 Å². The molecular weight excluding hydrogens is 854 g/mol. The van der Waals surface area contributed by atoms with Crippen LogP contribution in [0.2, 0.25) is 0 Å². The maximum Gasteiger partial charge on any atom is 0.490 e. The maximum atomic E-state index is 13.8. The van der Waals surface area contributed by atoms with Gasteiger partial charge in [0.2, 0.25) is 5.95 Å². The summed E-state index contributed by atoms with van der Waals surface area (Å²) < 4.78 is 81.1. The summed E-state index contributed by atoms with van der Waals surface area (Å²) in [6.07, 6.45) is 5.35. The Bertz CT molecular complexity index is 2340. The molecule has 0 radical (unpaired) electrons. The van der Waals surface area contributed by atoms with E-state index in [0.29, 0.717) is 68.7 Å². The van der Waals surface area contributed by atoms with Crippen LogP contribution in [0.4, 0.5) is 50.8 Å². The van der Waals surface area contributed by atoms with E-state index in [-0.39, 0.29) is 13.0 Å². The Morgan fingerprint density at radius 1 is 1.05 bits per heavy atom. The number of carbonyl (C=O) groups is 1. The molecule has 3 aromatic heterocycles. The third kappa shape index (κ3) is 10.2. The number of aliphatic carboxylic acids is 1. The number of carboxylic acid groups (broad SMARTS) is 1. The van der Waals surface area contributed by atoms with Gasteiger partial charge in [0.1, 0.15) is 24.2 Å². The van der Waals surface area contributed by atoms with Crippen molar-refractivity contribution in [2.24, 2.45) is 13.0 Å². The smallest absolute Gasteiger partial charge is 0.490 e. The molecule has 0 aliphatic carbocycles. The van der Waals surface area contributed by atoms with Gasteiger partial charge in [0.25, 0.3) is 5.92 Å². The van der Waals surface area contributed by atoms with Crippen molar-refractivity contribution in [3.63, 3.8) is 0 Å². The number of likely N-dealkylation sites (tertiary alicyclic amines) is 1. The molecule has 21 heteroatoms. The molecule has 3 N–H and O–H groups in total.